The number of thiocarbonyl (C=S) groups is 1. The maximum absolute atomic E-state index is 5.22. The highest BCUT2D eigenvalue weighted by Gasteiger charge is 2.29. The molecular formula is C8H11NS2. The molecule has 2 aliphatic heterocycles. The molecule has 0 aromatic rings. The highest BCUT2D eigenvalue weighted by atomic mass is 32.1. The van der Waals surface area contributed by atoms with E-state index in [1.54, 1.807) is 0 Å². The van der Waals surface area contributed by atoms with E-state index < -0.39 is 0 Å². The summed E-state index contributed by atoms with van der Waals surface area (Å²) in [6.07, 6.45) is 3.43. The average Bonchev–Trinajstić information content (AvgIpc) is 2.53. The summed E-state index contributed by atoms with van der Waals surface area (Å²) in [5.41, 5.74) is 2.98. The topological polar surface area (TPSA) is 3.24 Å². The van der Waals surface area contributed by atoms with Crippen molar-refractivity contribution >= 4 is 29.8 Å². The van der Waals surface area contributed by atoms with Crippen LogP contribution in [0.1, 0.15) is 19.3 Å². The number of hydrogen-bond donors (Lipinski definition) is 1. The van der Waals surface area contributed by atoms with Crippen LogP contribution in [0.5, 0.6) is 0 Å². The van der Waals surface area contributed by atoms with Crippen molar-refractivity contribution in [3.8, 4) is 0 Å². The number of nitrogens with zero attached hydrogens (tertiary/aromatic N) is 1. The fraction of sp³-hybridized carbons (Fsp3) is 0.625. The molecule has 3 heteroatoms. The van der Waals surface area contributed by atoms with Gasteiger partial charge in [0.2, 0.25) is 0 Å². The second-order valence-corrected chi connectivity index (χ2v) is 3.79. The minimum Gasteiger partial charge on any atom is -0.339 e. The summed E-state index contributed by atoms with van der Waals surface area (Å²) >= 11 is 9.52. The fourth-order valence-corrected chi connectivity index (χ4v) is 2.48. The molecule has 2 heterocycles. The van der Waals surface area contributed by atoms with Crippen LogP contribution in [-0.2, 0) is 0 Å². The Morgan fingerprint density at radius 2 is 2.18 bits per heavy atom. The van der Waals surface area contributed by atoms with Crippen molar-refractivity contribution in [1.82, 2.24) is 4.90 Å². The van der Waals surface area contributed by atoms with Gasteiger partial charge >= 0.3 is 0 Å². The fourth-order valence-electron chi connectivity index (χ4n) is 1.83. The minimum atomic E-state index is 0.911. The molecule has 0 atom stereocenters. The van der Waals surface area contributed by atoms with Crippen molar-refractivity contribution in [3.63, 3.8) is 0 Å². The lowest BCUT2D eigenvalue weighted by molar-refractivity contribution is 0.586. The summed E-state index contributed by atoms with van der Waals surface area (Å²) in [7, 11) is 0. The molecule has 0 aromatic heterocycles. The van der Waals surface area contributed by atoms with E-state index in [-0.39, 0.29) is 0 Å². The third kappa shape index (κ3) is 1.11. The molecule has 0 aliphatic carbocycles. The molecule has 1 nitrogen and oxygen atoms in total. The molecule has 1 saturated heterocycles. The Balaban J connectivity index is 2.29. The van der Waals surface area contributed by atoms with Gasteiger partial charge in [-0.3, -0.25) is 0 Å². The van der Waals surface area contributed by atoms with Crippen molar-refractivity contribution in [2.24, 2.45) is 0 Å². The van der Waals surface area contributed by atoms with Crippen molar-refractivity contribution < 1.29 is 0 Å². The quantitative estimate of drug-likeness (QED) is 0.491. The average molecular weight is 185 g/mol. The van der Waals surface area contributed by atoms with Crippen LogP contribution in [0, 0.1) is 0 Å². The molecule has 0 amide bonds. The molecule has 0 N–H and O–H groups in total. The predicted octanol–water partition coefficient (Wildman–Crippen LogP) is 2.00. The molecule has 2 aliphatic rings. The zero-order chi connectivity index (χ0) is 7.84. The van der Waals surface area contributed by atoms with Crippen LogP contribution < -0.4 is 0 Å². The number of fused-ring (bicyclic) bond motifs is 1. The lowest BCUT2D eigenvalue weighted by atomic mass is 10.2. The Labute approximate surface area is 77.9 Å². The summed E-state index contributed by atoms with van der Waals surface area (Å²) in [4.78, 5) is 3.43. The molecule has 60 valence electrons. The first kappa shape index (κ1) is 7.62. The van der Waals surface area contributed by atoms with E-state index >= 15 is 0 Å². The van der Waals surface area contributed by atoms with E-state index in [2.05, 4.69) is 17.5 Å². The minimum absolute atomic E-state index is 0.911. The first-order valence-corrected chi connectivity index (χ1v) is 4.99. The van der Waals surface area contributed by atoms with Gasteiger partial charge in [-0.2, -0.15) is 12.6 Å². The Kier molecular flexibility index (Phi) is 1.93. The van der Waals surface area contributed by atoms with Crippen molar-refractivity contribution in [2.45, 2.75) is 19.3 Å². The van der Waals surface area contributed by atoms with Gasteiger partial charge in [-0.25, -0.2) is 0 Å². The van der Waals surface area contributed by atoms with Crippen LogP contribution in [0.3, 0.4) is 0 Å². The number of rotatable bonds is 1. The highest BCUT2D eigenvalue weighted by molar-refractivity contribution is 7.80. The molecule has 11 heavy (non-hydrogen) atoms. The molecular weight excluding hydrogens is 174 g/mol. The summed E-state index contributed by atoms with van der Waals surface area (Å²) in [6.45, 7) is 1.12. The largest absolute Gasteiger partial charge is 0.339 e. The maximum Gasteiger partial charge on any atom is 0.0825 e. The third-order valence-electron chi connectivity index (χ3n) is 2.44. The molecule has 0 bridgehead atoms. The van der Waals surface area contributed by atoms with Gasteiger partial charge in [0.15, 0.2) is 0 Å². The van der Waals surface area contributed by atoms with Crippen LogP contribution in [0.25, 0.3) is 0 Å². The van der Waals surface area contributed by atoms with E-state index in [1.165, 1.54) is 17.7 Å². The lowest BCUT2D eigenvalue weighted by Crippen LogP contribution is -2.18. The van der Waals surface area contributed by atoms with Gasteiger partial charge < -0.3 is 4.90 Å². The van der Waals surface area contributed by atoms with Crippen LogP contribution in [0.2, 0.25) is 0 Å². The lowest BCUT2D eigenvalue weighted by Gasteiger charge is -2.12. The van der Waals surface area contributed by atoms with Crippen LogP contribution in [0.4, 0.5) is 0 Å². The van der Waals surface area contributed by atoms with E-state index in [1.807, 2.05) is 0 Å². The van der Waals surface area contributed by atoms with Gasteiger partial charge in [0, 0.05) is 24.4 Å². The van der Waals surface area contributed by atoms with E-state index in [9.17, 15) is 0 Å². The van der Waals surface area contributed by atoms with Crippen LogP contribution in [-0.4, -0.2) is 22.2 Å². The first-order valence-electron chi connectivity index (χ1n) is 3.95. The summed E-state index contributed by atoms with van der Waals surface area (Å²) in [6, 6.07) is 0. The Morgan fingerprint density at radius 1 is 1.36 bits per heavy atom. The molecule has 0 radical (unpaired) electrons. The van der Waals surface area contributed by atoms with Crippen molar-refractivity contribution in [2.75, 3.05) is 12.3 Å². The summed E-state index contributed by atoms with van der Waals surface area (Å²) in [5.74, 6) is 0.911. The second-order valence-electron chi connectivity index (χ2n) is 3.00. The zero-order valence-corrected chi connectivity index (χ0v) is 8.05. The number of allylic oxidation sites excluding steroid dienone is 1. The number of thiol groups is 1. The molecule has 2 rings (SSSR count). The Morgan fingerprint density at radius 3 is 2.91 bits per heavy atom. The molecule has 0 spiro atoms. The van der Waals surface area contributed by atoms with Gasteiger partial charge in [-0.05, 0) is 18.4 Å². The first-order chi connectivity index (χ1) is 5.33. The standard InChI is InChI=1S/C8H11NS2/c10-5-6-3-4-9-7(6)1-2-8(9)11/h10H,1-5H2. The normalized spacial score (nSPS) is 23.4. The van der Waals surface area contributed by atoms with Crippen molar-refractivity contribution in [1.29, 1.82) is 0 Å². The van der Waals surface area contributed by atoms with Gasteiger partial charge in [0.05, 0.1) is 4.99 Å². The molecule has 0 saturated carbocycles. The van der Waals surface area contributed by atoms with Crippen molar-refractivity contribution in [3.05, 3.63) is 11.3 Å². The van der Waals surface area contributed by atoms with Crippen LogP contribution in [0.15, 0.2) is 11.3 Å². The predicted molar refractivity (Wildman–Crippen MR) is 54.0 cm³/mol. The smallest absolute Gasteiger partial charge is 0.0825 e. The SMILES string of the molecule is S=C1CCC2=C(CS)CCN12. The third-order valence-corrected chi connectivity index (χ3v) is 3.24. The zero-order valence-electron chi connectivity index (χ0n) is 6.34. The summed E-state index contributed by atoms with van der Waals surface area (Å²) in [5, 5.41) is 0. The van der Waals surface area contributed by atoms with E-state index in [4.69, 9.17) is 12.2 Å². The van der Waals surface area contributed by atoms with Gasteiger partial charge in [0.25, 0.3) is 0 Å². The highest BCUT2D eigenvalue weighted by Crippen LogP contribution is 2.33. The van der Waals surface area contributed by atoms with Gasteiger partial charge in [-0.15, -0.1) is 0 Å². The number of hydrogen-bond acceptors (Lipinski definition) is 2. The van der Waals surface area contributed by atoms with Crippen LogP contribution >= 0.6 is 24.8 Å². The Hall–Kier alpha value is -0.0200. The van der Waals surface area contributed by atoms with E-state index in [0.717, 1.165) is 30.1 Å². The molecule has 0 unspecified atom stereocenters. The van der Waals surface area contributed by atoms with Gasteiger partial charge in [0.1, 0.15) is 0 Å². The molecule has 0 aromatic carbocycles. The monoisotopic (exact) mass is 185 g/mol. The van der Waals surface area contributed by atoms with E-state index in [0.29, 0.717) is 0 Å². The van der Waals surface area contributed by atoms with Gasteiger partial charge in [-0.1, -0.05) is 12.2 Å². The Bertz CT molecular complexity index is 232. The molecule has 1 fully saturated rings. The summed E-state index contributed by atoms with van der Waals surface area (Å²) < 4.78 is 0. The maximum atomic E-state index is 5.22. The second kappa shape index (κ2) is 2.79.